The molecular weight excluding hydrogens is 1910 g/mol. The summed E-state index contributed by atoms with van der Waals surface area (Å²) in [6, 6.07) is 0. The van der Waals surface area contributed by atoms with Crippen molar-refractivity contribution in [2.75, 3.05) is 53.9 Å². The van der Waals surface area contributed by atoms with Crippen LogP contribution in [0.1, 0.15) is 55.4 Å². The monoisotopic (exact) mass is 2040 g/mol. The fourth-order valence-corrected chi connectivity index (χ4v) is 37.0. The van der Waals surface area contributed by atoms with E-state index in [0.29, 0.717) is 0 Å². The highest BCUT2D eigenvalue weighted by atomic mass is 31.2. The molecule has 0 aromatic rings. The van der Waals surface area contributed by atoms with E-state index in [4.69, 9.17) is 51.8 Å². The molecule has 0 amide bonds. The van der Waals surface area contributed by atoms with Crippen molar-refractivity contribution < 1.29 is 195 Å². The number of allylic oxidation sites excluding steroid dienone is 2. The second-order valence-corrected chi connectivity index (χ2v) is 78.5. The maximum atomic E-state index is 12.6. The number of terminal acetylenes is 2. The molecule has 56 heteroatoms. The number of rotatable bonds is 42. The van der Waals surface area contributed by atoms with E-state index in [-0.39, 0.29) is 37.9 Å². The summed E-state index contributed by atoms with van der Waals surface area (Å²) in [5.74, 6) is 4.06. The van der Waals surface area contributed by atoms with Crippen LogP contribution < -0.4 is 0 Å². The average molecular weight is 2040 g/mol. The molecule has 0 saturated heterocycles. The number of methoxy groups -OCH3 is 2. The molecule has 0 rings (SSSR count). The van der Waals surface area contributed by atoms with Gasteiger partial charge in [-0.05, 0) is 193 Å². The van der Waals surface area contributed by atoms with Gasteiger partial charge in [-0.2, -0.15) is 0 Å². The fourth-order valence-electron chi connectivity index (χ4n) is 6.45. The van der Waals surface area contributed by atoms with Gasteiger partial charge in [0.05, 0.1) is 63.7 Å². The van der Waals surface area contributed by atoms with Gasteiger partial charge < -0.3 is 95.8 Å². The zero-order valence-corrected chi connectivity index (χ0v) is 90.1. The quantitative estimate of drug-likeness (QED) is 0.0137. The molecule has 0 aliphatic rings. The summed E-state index contributed by atoms with van der Waals surface area (Å²) < 4.78 is 186. The largest absolute Gasteiger partial charge is 0.461 e. The molecule has 0 saturated carbocycles. The Balaban J connectivity index is -0.000000260. The lowest BCUT2D eigenvalue weighted by atomic mass is 10.5. The predicted octanol–water partition coefficient (Wildman–Crippen LogP) is 24.8. The topological polar surface area (TPSA) is 552 Å². The highest BCUT2D eigenvalue weighted by molar-refractivity contribution is 7.93. The minimum absolute atomic E-state index is 0.00697. The Morgan fingerprint density at radius 3 is 0.664 bits per heavy atom. The summed E-state index contributed by atoms with van der Waals surface area (Å²) in [5.41, 5.74) is -17.2. The lowest BCUT2D eigenvalue weighted by molar-refractivity contribution is 0.127. The molecule has 0 aliphatic heterocycles. The van der Waals surface area contributed by atoms with E-state index in [1.54, 1.807) is 179 Å². The molecule has 0 aromatic heterocycles. The molecule has 0 aliphatic carbocycles. The number of carbonyl (C=O) groups is 14. The van der Waals surface area contributed by atoms with E-state index in [9.17, 15) is 99.1 Å². The summed E-state index contributed by atoms with van der Waals surface area (Å²) in [6.07, 6.45) is 13.0. The summed E-state index contributed by atoms with van der Waals surface area (Å²) in [4.78, 5) is 163. The van der Waals surface area contributed by atoms with Crippen molar-refractivity contribution in [3.8, 4) is 24.7 Å². The molecule has 0 unspecified atom stereocenters. The Bertz CT molecular complexity index is 4060. The van der Waals surface area contributed by atoms with Crippen LogP contribution in [0.2, 0.25) is 137 Å². The number of ether oxygens (including phenoxy) is 14. The first kappa shape index (κ1) is 131. The van der Waals surface area contributed by atoms with Gasteiger partial charge in [0, 0.05) is 0 Å². The minimum atomic E-state index is -4.43. The summed E-state index contributed by atoms with van der Waals surface area (Å²) in [5, 5.41) is 0. The molecule has 0 spiro atoms. The number of hydrogen-bond acceptors (Lipinski definition) is 42. The van der Waals surface area contributed by atoms with Crippen LogP contribution in [0.4, 0.5) is 67.1 Å². The van der Waals surface area contributed by atoms with Gasteiger partial charge >= 0.3 is 132 Å². The van der Waals surface area contributed by atoms with Crippen molar-refractivity contribution in [1.82, 2.24) is 0 Å². The zero-order valence-electron chi connectivity index (χ0n) is 76.9. The summed E-state index contributed by atoms with van der Waals surface area (Å²) in [7, 11) is -44.9. The van der Waals surface area contributed by atoms with Crippen LogP contribution in [-0.2, 0) is 128 Å². The van der Waals surface area contributed by atoms with Gasteiger partial charge in [-0.1, -0.05) is 63.5 Å². The van der Waals surface area contributed by atoms with Crippen LogP contribution in [0.25, 0.3) is 0 Å². The van der Waals surface area contributed by atoms with E-state index < -0.39 is 215 Å². The second-order valence-electron chi connectivity index (χ2n) is 31.0. The molecule has 0 aromatic carbocycles. The van der Waals surface area contributed by atoms with Gasteiger partial charge in [-0.3, -0.25) is 32.0 Å². The van der Waals surface area contributed by atoms with Crippen LogP contribution in [0.3, 0.4) is 0 Å². The van der Waals surface area contributed by atoms with Gasteiger partial charge in [-0.25, -0.2) is 67.1 Å². The first-order chi connectivity index (χ1) is 56.1. The van der Waals surface area contributed by atoms with Crippen LogP contribution in [0.15, 0.2) is 75.7 Å². The normalized spacial score (nSPS) is 11.8. The van der Waals surface area contributed by atoms with Crippen LogP contribution >= 0.6 is 51.6 Å². The number of carbonyl (C=O) groups excluding carboxylic acids is 14. The molecule has 0 N–H and O–H groups in total. The molecule has 0 bridgehead atoms. The molecule has 125 heavy (non-hydrogen) atoms. The first-order valence-corrected chi connectivity index (χ1v) is 71.6. The average Bonchev–Trinajstić information content (AvgIpc) is 0.808. The third-order valence-corrected chi connectivity index (χ3v) is 40.8. The smallest absolute Gasteiger partial charge is 0.407 e. The minimum Gasteiger partial charge on any atom is -0.461 e. The van der Waals surface area contributed by atoms with E-state index in [1.165, 1.54) is 26.0 Å². The van der Waals surface area contributed by atoms with E-state index in [1.807, 2.05) is 11.8 Å². The molecule has 0 atom stereocenters. The van der Waals surface area contributed by atoms with Gasteiger partial charge in [0.1, 0.15) is 13.2 Å². The lowest BCUT2D eigenvalue weighted by Gasteiger charge is -2.24. The Kier molecular flexibility index (Phi) is 61.4. The maximum Gasteiger partial charge on any atom is 0.407 e. The Hall–Kier alpha value is -7.01. The Morgan fingerprint density at radius 1 is 0.312 bits per heavy atom. The van der Waals surface area contributed by atoms with Crippen molar-refractivity contribution in [3.63, 3.8) is 0 Å². The number of hydrogen-bond donors (Lipinski definition) is 0. The SMILES string of the molecule is C#CCOC(=O)P(=O)(O[Si](C)(C)C)C(=O)OCC#C.C=C(C)OC(=O)P(=O)(O[Si](C)(C)C)C(=O)OC(=C)C.C=CCOC(=O)P(=O)(O[Si](C)(C)C)C(=O)OCC=C.C=COC(=O)P(=O)(O[Si](C)(C)C)C(=O)OC=C.CC(C)OC(=O)P(=O)(O[Si](C)(C)C)C(=O)OC(C)C.CCOC(=O)P(=O)(O[Si](C)(C)C)C(=O)OCC.COC(=O)P(=O)(O[Si](C)(C)C)C(=O)OC. The van der Waals surface area contributed by atoms with Crippen molar-refractivity contribution >= 4 is 190 Å². The van der Waals surface area contributed by atoms with E-state index in [0.717, 1.165) is 26.7 Å². The third kappa shape index (κ3) is 55.5. The second kappa shape index (κ2) is 58.5. The Morgan fingerprint density at radius 2 is 0.496 bits per heavy atom. The molecule has 42 nitrogen and oxygen atoms in total. The molecule has 0 fully saturated rings. The van der Waals surface area contributed by atoms with Gasteiger partial charge in [0.2, 0.25) is 0 Å². The zero-order chi connectivity index (χ0) is 101. The van der Waals surface area contributed by atoms with Crippen LogP contribution in [0.5, 0.6) is 0 Å². The summed E-state index contributed by atoms with van der Waals surface area (Å²) >= 11 is 0. The molecule has 0 radical (unpaired) electrons. The summed E-state index contributed by atoms with van der Waals surface area (Å²) in [6.45, 7) is 66.4. The van der Waals surface area contributed by atoms with E-state index in [2.05, 4.69) is 96.3 Å². The van der Waals surface area contributed by atoms with Crippen LogP contribution in [0, 0.1) is 24.7 Å². The lowest BCUT2D eigenvalue weighted by Crippen LogP contribution is -2.30. The first-order valence-electron chi connectivity index (χ1n) is 36.4. The highest BCUT2D eigenvalue weighted by Gasteiger charge is 2.55. The molecule has 0 heterocycles. The van der Waals surface area contributed by atoms with Crippen molar-refractivity contribution in [3.05, 3.63) is 75.7 Å². The fraction of sp³-hybridized carbons (Fsp3) is 0.565. The van der Waals surface area contributed by atoms with Gasteiger partial charge in [0.15, 0.2) is 71.4 Å². The standard InChI is InChI=1S/C11H23O6PSi.2C11H19O6PSi.C11H15O6PSi.C9H19O6PSi.C9H15O6PSi.C7H15O6PSi/c2*1-8(2)15-10(12)18(14,17-19(5,6)7)11(13)16-9(3)4;2*1-6-8-15-10(12)18(14,17-19(3,4)5)11(13)16-9-7-2;2*1-6-13-8(10)16(12,9(11)14-7-2)15-17(3,4)5;1-11-6(8)14(10,7(9)12-2)13-15(3,4)5/h8-9H,1-7H3;1,3H2,2,4-7H3;6-7H,1-2,8-9H2,3-5H3;1-2H,8-9H2,3-5H3;6-7H2,1-5H3;6-7H,1-2H2,3-5H3;1-5H3. The Labute approximate surface area is 739 Å². The third-order valence-electron chi connectivity index (χ3n) is 9.84. The van der Waals surface area contributed by atoms with Gasteiger partial charge in [0.25, 0.3) is 0 Å². The van der Waals surface area contributed by atoms with Crippen molar-refractivity contribution in [2.24, 2.45) is 0 Å². The molecule has 716 valence electrons. The highest BCUT2D eigenvalue weighted by Crippen LogP contribution is 2.59. The van der Waals surface area contributed by atoms with E-state index >= 15 is 0 Å². The predicted molar refractivity (Wildman–Crippen MR) is 486 cm³/mol. The van der Waals surface area contributed by atoms with Crippen molar-refractivity contribution in [2.45, 2.75) is 205 Å². The molecular formula is C69H125O42P7Si7. The van der Waals surface area contributed by atoms with Gasteiger partial charge in [-0.15, -0.1) is 12.8 Å². The van der Waals surface area contributed by atoms with Crippen LogP contribution in [-0.4, -0.2) is 204 Å². The maximum absolute atomic E-state index is 12.6. The van der Waals surface area contributed by atoms with Crippen molar-refractivity contribution in [1.29, 1.82) is 0 Å².